The van der Waals surface area contributed by atoms with Crippen molar-refractivity contribution in [2.24, 2.45) is 16.7 Å². The quantitative estimate of drug-likeness (QED) is 0.253. The number of rotatable bonds is 11. The summed E-state index contributed by atoms with van der Waals surface area (Å²) >= 11 is 0. The van der Waals surface area contributed by atoms with Gasteiger partial charge in [-0.05, 0) is 87.5 Å². The first-order valence-electron chi connectivity index (χ1n) is 21.2. The fourth-order valence-electron chi connectivity index (χ4n) is 10.5. The smallest absolute Gasteiger partial charge is 0.262 e. The van der Waals surface area contributed by atoms with Gasteiger partial charge in [-0.15, -0.1) is 0 Å². The van der Waals surface area contributed by atoms with Gasteiger partial charge in [-0.3, -0.25) is 34.2 Å². The van der Waals surface area contributed by atoms with Crippen molar-refractivity contribution in [1.29, 1.82) is 5.26 Å². The number of carbonyl (C=O) groups excluding carboxylic acids is 5. The number of ether oxygens (including phenoxy) is 2. The summed E-state index contributed by atoms with van der Waals surface area (Å²) in [5, 5.41) is 14.9. The Morgan fingerprint density at radius 1 is 0.918 bits per heavy atom. The van der Waals surface area contributed by atoms with Crippen LogP contribution >= 0.6 is 0 Å². The van der Waals surface area contributed by atoms with E-state index in [1.807, 2.05) is 26.0 Å². The molecule has 2 aliphatic carbocycles. The minimum atomic E-state index is -1.00. The molecule has 2 aromatic carbocycles. The second-order valence-electron chi connectivity index (χ2n) is 18.8. The van der Waals surface area contributed by atoms with Gasteiger partial charge in [-0.2, -0.15) is 5.26 Å². The topological polar surface area (TPSA) is 187 Å². The predicted molar refractivity (Wildman–Crippen MR) is 224 cm³/mol. The van der Waals surface area contributed by atoms with Crippen LogP contribution in [-0.4, -0.2) is 106 Å². The highest BCUT2D eigenvalue weighted by molar-refractivity contribution is 6.23. The third-order valence-electron chi connectivity index (χ3n) is 13.7. The molecule has 0 unspecified atom stereocenters. The average Bonchev–Trinajstić information content (AvgIpc) is 3.44. The molecule has 2 N–H and O–H groups in total. The Hall–Kier alpha value is -5.88. The molecule has 15 nitrogen and oxygen atoms in total. The third-order valence-corrected chi connectivity index (χ3v) is 13.7. The Morgan fingerprint density at radius 2 is 1.56 bits per heavy atom. The van der Waals surface area contributed by atoms with Crippen LogP contribution in [-0.2, 0) is 9.59 Å². The van der Waals surface area contributed by atoms with Crippen molar-refractivity contribution in [3.8, 4) is 17.6 Å². The molecule has 61 heavy (non-hydrogen) atoms. The van der Waals surface area contributed by atoms with Gasteiger partial charge in [0.2, 0.25) is 17.8 Å². The van der Waals surface area contributed by atoms with Crippen LogP contribution in [0.4, 0.5) is 5.95 Å². The SMILES string of the molecule is Cc1cc(OC2C(C)(C)C(NC(=O)c3cnc(N4CCC(CN(C)C5CC(Oc6ccc7c(c6)C(=O)N([C@@H]6CCC(=O)NC6=O)C7=O)C5)CC4)nc3)C2(C)C)cc(C)c1C#N. The fraction of sp³-hybridized carbons (Fsp3) is 0.522. The summed E-state index contributed by atoms with van der Waals surface area (Å²) in [6.45, 7) is 14.9. The Labute approximate surface area is 356 Å². The lowest BCUT2D eigenvalue weighted by Gasteiger charge is -2.63. The van der Waals surface area contributed by atoms with E-state index >= 15 is 0 Å². The zero-order valence-corrected chi connectivity index (χ0v) is 35.9. The molecule has 8 rings (SSSR count). The largest absolute Gasteiger partial charge is 0.490 e. The van der Waals surface area contributed by atoms with Crippen LogP contribution < -0.4 is 25.0 Å². The van der Waals surface area contributed by atoms with Crippen molar-refractivity contribution < 1.29 is 33.4 Å². The van der Waals surface area contributed by atoms with Crippen LogP contribution in [0.15, 0.2) is 42.7 Å². The van der Waals surface area contributed by atoms with Crippen molar-refractivity contribution in [2.75, 3.05) is 31.6 Å². The van der Waals surface area contributed by atoms with Crippen LogP contribution in [0.5, 0.6) is 11.5 Å². The zero-order chi connectivity index (χ0) is 43.5. The number of aromatic nitrogens is 2. The lowest BCUT2D eigenvalue weighted by atomic mass is 9.49. The number of nitrogens with zero attached hydrogens (tertiary/aromatic N) is 6. The van der Waals surface area contributed by atoms with E-state index in [-0.39, 0.29) is 59.0 Å². The molecule has 5 aliphatic rings. The van der Waals surface area contributed by atoms with E-state index in [1.54, 1.807) is 30.6 Å². The summed E-state index contributed by atoms with van der Waals surface area (Å²) in [4.78, 5) is 78.5. The van der Waals surface area contributed by atoms with Crippen LogP contribution in [0.2, 0.25) is 0 Å². The Balaban J connectivity index is 0.773. The number of nitrogens with one attached hydrogen (secondary N) is 2. The number of carbonyl (C=O) groups is 5. The lowest BCUT2D eigenvalue weighted by Crippen LogP contribution is -2.74. The van der Waals surface area contributed by atoms with Gasteiger partial charge in [0, 0.05) is 74.2 Å². The molecule has 5 amide bonds. The minimum absolute atomic E-state index is 0.0144. The number of benzene rings is 2. The van der Waals surface area contributed by atoms with Gasteiger partial charge in [0.05, 0.1) is 28.3 Å². The standard InChI is InChI=1S/C46H54N8O7/c1-25-16-31(17-26(2)35(25)21-47)61-43-45(3,4)42(46(43,5)6)51-38(56)28-22-48-44(49-23-28)53-14-12-27(13-15-53)24-52(7)29-18-32(19-29)60-30-8-9-33-34(20-30)41(59)54(40(33)58)36-10-11-37(55)50-39(36)57/h8-9,16-17,20,22-23,27,29,32,36,42-43H,10-15,18-19,24H2,1-7H3,(H,51,56)(H,50,55,57)/t29?,32?,36-,42?,43?/m1/s1. The van der Waals surface area contributed by atoms with E-state index in [9.17, 15) is 29.2 Å². The molecule has 1 atom stereocenters. The van der Waals surface area contributed by atoms with Gasteiger partial charge in [-0.25, -0.2) is 9.97 Å². The Morgan fingerprint density at radius 3 is 2.18 bits per heavy atom. The maximum absolute atomic E-state index is 13.5. The molecular formula is C46H54N8O7. The van der Waals surface area contributed by atoms with Crippen LogP contribution in [0, 0.1) is 41.9 Å². The van der Waals surface area contributed by atoms with E-state index in [4.69, 9.17) is 9.47 Å². The summed E-state index contributed by atoms with van der Waals surface area (Å²) in [5.74, 6) is 0.0340. The third kappa shape index (κ3) is 7.71. The van der Waals surface area contributed by atoms with Crippen LogP contribution in [0.25, 0.3) is 0 Å². The molecule has 4 heterocycles. The molecule has 0 radical (unpaired) electrons. The Bertz CT molecular complexity index is 2280. The van der Waals surface area contributed by atoms with Gasteiger partial charge in [-0.1, -0.05) is 27.7 Å². The fourth-order valence-corrected chi connectivity index (χ4v) is 10.5. The summed E-state index contributed by atoms with van der Waals surface area (Å²) in [5.41, 5.74) is 2.57. The first-order chi connectivity index (χ1) is 29.0. The molecule has 1 aromatic heterocycles. The molecule has 320 valence electrons. The number of piperidine rings is 2. The first kappa shape index (κ1) is 41.8. The second kappa shape index (κ2) is 15.9. The van der Waals surface area contributed by atoms with Crippen molar-refractivity contribution >= 4 is 35.5 Å². The molecule has 15 heteroatoms. The number of hydrogen-bond acceptors (Lipinski definition) is 12. The molecule has 3 aliphatic heterocycles. The normalized spacial score (nSPS) is 25.6. The number of anilines is 1. The summed E-state index contributed by atoms with van der Waals surface area (Å²) < 4.78 is 12.7. The number of amides is 5. The second-order valence-corrected chi connectivity index (χ2v) is 18.8. The van der Waals surface area contributed by atoms with E-state index < -0.39 is 29.7 Å². The summed E-state index contributed by atoms with van der Waals surface area (Å²) in [6, 6.07) is 10.1. The van der Waals surface area contributed by atoms with E-state index in [2.05, 4.69) is 71.2 Å². The lowest BCUT2D eigenvalue weighted by molar-refractivity contribution is -0.164. The van der Waals surface area contributed by atoms with Crippen molar-refractivity contribution in [3.05, 3.63) is 76.1 Å². The van der Waals surface area contributed by atoms with E-state index in [0.717, 1.165) is 67.1 Å². The highest BCUT2D eigenvalue weighted by atomic mass is 16.5. The maximum atomic E-state index is 13.5. The summed E-state index contributed by atoms with van der Waals surface area (Å²) in [6.07, 6.45) is 6.91. The van der Waals surface area contributed by atoms with Crippen molar-refractivity contribution in [3.63, 3.8) is 0 Å². The highest BCUT2D eigenvalue weighted by Crippen LogP contribution is 2.55. The van der Waals surface area contributed by atoms with E-state index in [0.29, 0.717) is 34.8 Å². The first-order valence-corrected chi connectivity index (χ1v) is 21.2. The average molecular weight is 831 g/mol. The van der Waals surface area contributed by atoms with Gasteiger partial charge >= 0.3 is 0 Å². The molecule has 4 fully saturated rings. The summed E-state index contributed by atoms with van der Waals surface area (Å²) in [7, 11) is 2.15. The van der Waals surface area contributed by atoms with Crippen molar-refractivity contribution in [1.82, 2.24) is 30.4 Å². The maximum Gasteiger partial charge on any atom is 0.262 e. The number of nitriles is 1. The van der Waals surface area contributed by atoms with Gasteiger partial charge in [0.1, 0.15) is 29.7 Å². The molecule has 0 spiro atoms. The van der Waals surface area contributed by atoms with Gasteiger partial charge in [0.25, 0.3) is 17.7 Å². The number of fused-ring (bicyclic) bond motifs is 1. The number of aryl methyl sites for hydroxylation is 2. The number of hydrogen-bond donors (Lipinski definition) is 2. The molecule has 2 saturated heterocycles. The highest BCUT2D eigenvalue weighted by Gasteiger charge is 2.64. The monoisotopic (exact) mass is 830 g/mol. The molecule has 3 aromatic rings. The van der Waals surface area contributed by atoms with Crippen molar-refractivity contribution in [2.45, 2.75) is 110 Å². The van der Waals surface area contributed by atoms with Crippen LogP contribution in [0.1, 0.15) is 114 Å². The predicted octanol–water partition coefficient (Wildman–Crippen LogP) is 4.74. The minimum Gasteiger partial charge on any atom is -0.490 e. The zero-order valence-electron chi connectivity index (χ0n) is 35.9. The number of imide groups is 2. The molecule has 2 saturated carbocycles. The molecule has 0 bridgehead atoms. The van der Waals surface area contributed by atoms with Gasteiger partial charge in [0.15, 0.2) is 0 Å². The van der Waals surface area contributed by atoms with E-state index in [1.165, 1.54) is 0 Å². The Kier molecular flexibility index (Phi) is 10.9. The molecular weight excluding hydrogens is 777 g/mol. The van der Waals surface area contributed by atoms with Crippen LogP contribution in [0.3, 0.4) is 0 Å². The van der Waals surface area contributed by atoms with Gasteiger partial charge < -0.3 is 24.6 Å².